The van der Waals surface area contributed by atoms with Crippen LogP contribution in [0.1, 0.15) is 22.9 Å². The molecule has 0 aliphatic rings. The minimum Gasteiger partial charge on any atom is -0.271 e. The second kappa shape index (κ2) is 6.09. The molecule has 0 aliphatic heterocycles. The number of nitrogens with two attached hydrogens (primary N) is 1. The summed E-state index contributed by atoms with van der Waals surface area (Å²) in [6.07, 6.45) is 2.59. The van der Waals surface area contributed by atoms with Crippen molar-refractivity contribution in [3.63, 3.8) is 0 Å². The molecule has 3 N–H and O–H groups in total. The molecule has 94 valence electrons. The summed E-state index contributed by atoms with van der Waals surface area (Å²) in [6, 6.07) is 12.3. The molecule has 2 rings (SSSR count). The Morgan fingerprint density at radius 2 is 2.00 bits per heavy atom. The molecular formula is C14H16BrN3. The third kappa shape index (κ3) is 3.16. The Balaban J connectivity index is 2.20. The molecule has 0 amide bonds. The first-order chi connectivity index (χ1) is 8.70. The molecule has 1 aromatic heterocycles. The lowest BCUT2D eigenvalue weighted by molar-refractivity contribution is 0.536. The summed E-state index contributed by atoms with van der Waals surface area (Å²) < 4.78 is 0.972. The van der Waals surface area contributed by atoms with Gasteiger partial charge < -0.3 is 0 Å². The smallest absolute Gasteiger partial charge is 0.0731 e. The Morgan fingerprint density at radius 1 is 1.28 bits per heavy atom. The molecule has 2 aromatic rings. The van der Waals surface area contributed by atoms with Gasteiger partial charge in [-0.3, -0.25) is 16.3 Å². The molecule has 3 nitrogen and oxygen atoms in total. The fourth-order valence-corrected chi connectivity index (χ4v) is 2.38. The molecule has 0 saturated heterocycles. The Kier molecular flexibility index (Phi) is 4.47. The molecule has 0 saturated carbocycles. The van der Waals surface area contributed by atoms with Crippen molar-refractivity contribution in [1.29, 1.82) is 0 Å². The minimum atomic E-state index is 0.00304. The van der Waals surface area contributed by atoms with Gasteiger partial charge in [0.2, 0.25) is 0 Å². The number of aromatic nitrogens is 1. The second-order valence-corrected chi connectivity index (χ2v) is 5.13. The average molecular weight is 306 g/mol. The fraction of sp³-hybridized carbons (Fsp3) is 0.214. The van der Waals surface area contributed by atoms with E-state index in [9.17, 15) is 0 Å². The molecule has 1 aromatic carbocycles. The highest BCUT2D eigenvalue weighted by atomic mass is 79.9. The molecule has 1 unspecified atom stereocenters. The van der Waals surface area contributed by atoms with Gasteiger partial charge in [0.1, 0.15) is 0 Å². The highest BCUT2D eigenvalue weighted by Gasteiger charge is 2.14. The van der Waals surface area contributed by atoms with E-state index in [0.29, 0.717) is 0 Å². The standard InChI is InChI=1S/C14H16BrN3/c1-10-4-6-11(7-5-10)9-13(18-16)14-12(15)3-2-8-17-14/h2-8,13,18H,9,16H2,1H3. The Bertz CT molecular complexity index is 511. The van der Waals surface area contributed by atoms with E-state index in [1.165, 1.54) is 11.1 Å². The van der Waals surface area contributed by atoms with E-state index in [-0.39, 0.29) is 6.04 Å². The van der Waals surface area contributed by atoms with Crippen molar-refractivity contribution in [1.82, 2.24) is 10.4 Å². The molecule has 0 bridgehead atoms. The zero-order valence-electron chi connectivity index (χ0n) is 10.2. The van der Waals surface area contributed by atoms with Crippen LogP contribution in [0.2, 0.25) is 0 Å². The van der Waals surface area contributed by atoms with Crippen LogP contribution in [0.5, 0.6) is 0 Å². The topological polar surface area (TPSA) is 50.9 Å². The maximum absolute atomic E-state index is 5.64. The molecule has 0 radical (unpaired) electrons. The van der Waals surface area contributed by atoms with E-state index in [0.717, 1.165) is 16.6 Å². The van der Waals surface area contributed by atoms with E-state index in [1.807, 2.05) is 12.1 Å². The van der Waals surface area contributed by atoms with Crippen LogP contribution in [0.25, 0.3) is 0 Å². The van der Waals surface area contributed by atoms with Gasteiger partial charge in [0.25, 0.3) is 0 Å². The van der Waals surface area contributed by atoms with Gasteiger partial charge in [0, 0.05) is 10.7 Å². The van der Waals surface area contributed by atoms with Gasteiger partial charge in [-0.1, -0.05) is 29.8 Å². The number of hydrogen-bond donors (Lipinski definition) is 2. The van der Waals surface area contributed by atoms with Crippen LogP contribution in [-0.4, -0.2) is 4.98 Å². The predicted molar refractivity (Wildman–Crippen MR) is 76.9 cm³/mol. The Hall–Kier alpha value is -1.23. The van der Waals surface area contributed by atoms with E-state index in [1.54, 1.807) is 6.20 Å². The number of hydrogen-bond acceptors (Lipinski definition) is 3. The highest BCUT2D eigenvalue weighted by molar-refractivity contribution is 9.10. The number of nitrogens with zero attached hydrogens (tertiary/aromatic N) is 1. The normalized spacial score (nSPS) is 12.4. The van der Waals surface area contributed by atoms with Crippen LogP contribution in [-0.2, 0) is 6.42 Å². The van der Waals surface area contributed by atoms with Crippen molar-refractivity contribution in [2.45, 2.75) is 19.4 Å². The van der Waals surface area contributed by atoms with Crippen LogP contribution >= 0.6 is 15.9 Å². The maximum atomic E-state index is 5.64. The lowest BCUT2D eigenvalue weighted by Crippen LogP contribution is -2.30. The number of halogens is 1. The van der Waals surface area contributed by atoms with Gasteiger partial charge in [0.15, 0.2) is 0 Å². The quantitative estimate of drug-likeness (QED) is 0.674. The summed E-state index contributed by atoms with van der Waals surface area (Å²) in [7, 11) is 0. The van der Waals surface area contributed by atoms with Crippen LogP contribution in [0, 0.1) is 6.92 Å². The van der Waals surface area contributed by atoms with Crippen molar-refractivity contribution in [3.8, 4) is 0 Å². The van der Waals surface area contributed by atoms with Crippen molar-refractivity contribution in [3.05, 3.63) is 63.9 Å². The second-order valence-electron chi connectivity index (χ2n) is 4.28. The van der Waals surface area contributed by atoms with E-state index >= 15 is 0 Å². The largest absolute Gasteiger partial charge is 0.271 e. The maximum Gasteiger partial charge on any atom is 0.0731 e. The zero-order valence-corrected chi connectivity index (χ0v) is 11.8. The van der Waals surface area contributed by atoms with Crippen LogP contribution in [0.15, 0.2) is 47.1 Å². The van der Waals surface area contributed by atoms with Gasteiger partial charge in [-0.25, -0.2) is 0 Å². The van der Waals surface area contributed by atoms with E-state index in [4.69, 9.17) is 5.84 Å². The van der Waals surface area contributed by atoms with Crippen molar-refractivity contribution in [2.75, 3.05) is 0 Å². The first-order valence-electron chi connectivity index (χ1n) is 5.83. The highest BCUT2D eigenvalue weighted by Crippen LogP contribution is 2.23. The third-order valence-corrected chi connectivity index (χ3v) is 3.55. The number of pyridine rings is 1. The third-order valence-electron chi connectivity index (χ3n) is 2.88. The number of rotatable bonds is 4. The Labute approximate surface area is 116 Å². The minimum absolute atomic E-state index is 0.00304. The summed E-state index contributed by atoms with van der Waals surface area (Å²) in [6.45, 7) is 2.08. The summed E-state index contributed by atoms with van der Waals surface area (Å²) in [5.41, 5.74) is 6.26. The van der Waals surface area contributed by atoms with Crippen molar-refractivity contribution < 1.29 is 0 Å². The molecule has 0 spiro atoms. The SMILES string of the molecule is Cc1ccc(CC(NN)c2ncccc2Br)cc1. The Morgan fingerprint density at radius 3 is 2.61 bits per heavy atom. The van der Waals surface area contributed by atoms with Crippen LogP contribution in [0.4, 0.5) is 0 Å². The molecule has 4 heteroatoms. The summed E-state index contributed by atoms with van der Waals surface area (Å²) >= 11 is 3.50. The summed E-state index contributed by atoms with van der Waals surface area (Å²) in [4.78, 5) is 4.37. The van der Waals surface area contributed by atoms with Crippen molar-refractivity contribution >= 4 is 15.9 Å². The monoisotopic (exact) mass is 305 g/mol. The molecule has 0 aliphatic carbocycles. The number of benzene rings is 1. The number of hydrazine groups is 1. The van der Waals surface area contributed by atoms with E-state index in [2.05, 4.69) is 57.5 Å². The molecule has 18 heavy (non-hydrogen) atoms. The lowest BCUT2D eigenvalue weighted by atomic mass is 10.0. The number of aryl methyl sites for hydroxylation is 1. The number of nitrogens with one attached hydrogen (secondary N) is 1. The van der Waals surface area contributed by atoms with Crippen molar-refractivity contribution in [2.24, 2.45) is 5.84 Å². The first-order valence-corrected chi connectivity index (χ1v) is 6.62. The first kappa shape index (κ1) is 13.2. The molecular weight excluding hydrogens is 290 g/mol. The van der Waals surface area contributed by atoms with Gasteiger partial charge >= 0.3 is 0 Å². The predicted octanol–water partition coefficient (Wildman–Crippen LogP) is 2.90. The van der Waals surface area contributed by atoms with Crippen LogP contribution in [0.3, 0.4) is 0 Å². The van der Waals surface area contributed by atoms with Gasteiger partial charge in [-0.15, -0.1) is 0 Å². The summed E-state index contributed by atoms with van der Waals surface area (Å²) in [5, 5.41) is 0. The molecule has 1 atom stereocenters. The van der Waals surface area contributed by atoms with Gasteiger partial charge in [-0.2, -0.15) is 0 Å². The van der Waals surface area contributed by atoms with Gasteiger partial charge in [-0.05, 0) is 47.0 Å². The van der Waals surface area contributed by atoms with Crippen LogP contribution < -0.4 is 11.3 Å². The van der Waals surface area contributed by atoms with Gasteiger partial charge in [0.05, 0.1) is 11.7 Å². The molecule has 1 heterocycles. The summed E-state index contributed by atoms with van der Waals surface area (Å²) in [5.74, 6) is 5.64. The molecule has 0 fully saturated rings. The average Bonchev–Trinajstić information content (AvgIpc) is 2.39. The van der Waals surface area contributed by atoms with E-state index < -0.39 is 0 Å². The fourth-order valence-electron chi connectivity index (χ4n) is 1.85. The zero-order chi connectivity index (χ0) is 13.0. The lowest BCUT2D eigenvalue weighted by Gasteiger charge is -2.16.